The Bertz CT molecular complexity index is 1100. The highest BCUT2D eigenvalue weighted by Crippen LogP contribution is 2.31. The van der Waals surface area contributed by atoms with E-state index in [4.69, 9.17) is 26.5 Å². The van der Waals surface area contributed by atoms with Crippen LogP contribution < -0.4 is 15.8 Å². The molecule has 1 heterocycles. The second-order valence-electron chi connectivity index (χ2n) is 7.34. The van der Waals surface area contributed by atoms with Gasteiger partial charge in [-0.1, -0.05) is 23.7 Å². The van der Waals surface area contributed by atoms with Gasteiger partial charge in [-0.05, 0) is 43.7 Å². The Morgan fingerprint density at radius 3 is 2.71 bits per heavy atom. The van der Waals surface area contributed by atoms with Gasteiger partial charge in [0.15, 0.2) is 11.3 Å². The standard InChI is InChI=1S/C22H25ClN4O4/c1-13(2)27(8-7-19(24)28)21(29)15-10-17-20(18(11-15)30-3)31-22(26-17)25-12-14-5-4-6-16(23)9-14/h4-6,9-11,13H,7-8,12H2,1-3H3,(H2,24,28)(H,25,26). The van der Waals surface area contributed by atoms with Crippen LogP contribution in [0.5, 0.6) is 5.75 Å². The number of rotatable bonds is 9. The molecule has 2 aromatic carbocycles. The Morgan fingerprint density at radius 2 is 2.06 bits per heavy atom. The van der Waals surface area contributed by atoms with Crippen LogP contribution in [0.25, 0.3) is 11.1 Å². The molecule has 0 bridgehead atoms. The first-order valence-corrected chi connectivity index (χ1v) is 10.2. The van der Waals surface area contributed by atoms with Gasteiger partial charge in [-0.2, -0.15) is 4.98 Å². The number of oxazole rings is 1. The number of nitrogens with zero attached hydrogens (tertiary/aromatic N) is 2. The maximum absolute atomic E-state index is 13.1. The number of halogens is 1. The summed E-state index contributed by atoms with van der Waals surface area (Å²) >= 11 is 6.02. The Hall–Kier alpha value is -3.26. The summed E-state index contributed by atoms with van der Waals surface area (Å²) in [6.45, 7) is 4.46. The van der Waals surface area contributed by atoms with Crippen molar-refractivity contribution in [2.75, 3.05) is 19.0 Å². The van der Waals surface area contributed by atoms with E-state index in [1.807, 2.05) is 32.0 Å². The molecule has 164 valence electrons. The Labute approximate surface area is 185 Å². The lowest BCUT2D eigenvalue weighted by Crippen LogP contribution is -2.39. The second kappa shape index (κ2) is 9.70. The quantitative estimate of drug-likeness (QED) is 0.519. The van der Waals surface area contributed by atoms with Crippen molar-refractivity contribution in [3.05, 3.63) is 52.5 Å². The van der Waals surface area contributed by atoms with E-state index >= 15 is 0 Å². The molecule has 3 aromatic rings. The molecule has 0 unspecified atom stereocenters. The van der Waals surface area contributed by atoms with Crippen LogP contribution in [0.2, 0.25) is 5.02 Å². The minimum Gasteiger partial charge on any atom is -0.493 e. The number of carbonyl (C=O) groups excluding carboxylic acids is 2. The van der Waals surface area contributed by atoms with Crippen LogP contribution in [0.4, 0.5) is 6.01 Å². The molecule has 3 N–H and O–H groups in total. The number of hydrogen-bond donors (Lipinski definition) is 2. The van der Waals surface area contributed by atoms with E-state index in [9.17, 15) is 9.59 Å². The lowest BCUT2D eigenvalue weighted by atomic mass is 10.1. The number of amides is 2. The molecule has 31 heavy (non-hydrogen) atoms. The van der Waals surface area contributed by atoms with Gasteiger partial charge in [0.05, 0.1) is 7.11 Å². The van der Waals surface area contributed by atoms with E-state index in [0.29, 0.717) is 40.0 Å². The Balaban J connectivity index is 1.86. The van der Waals surface area contributed by atoms with Crippen LogP contribution in [0.1, 0.15) is 36.2 Å². The van der Waals surface area contributed by atoms with Gasteiger partial charge < -0.3 is 25.1 Å². The first kappa shape index (κ1) is 22.4. The van der Waals surface area contributed by atoms with Crippen LogP contribution in [0.15, 0.2) is 40.8 Å². The molecule has 0 atom stereocenters. The van der Waals surface area contributed by atoms with Crippen molar-refractivity contribution in [3.63, 3.8) is 0 Å². The maximum atomic E-state index is 13.1. The molecule has 8 nitrogen and oxygen atoms in total. The molecule has 0 saturated carbocycles. The maximum Gasteiger partial charge on any atom is 0.296 e. The molecule has 3 rings (SSSR count). The van der Waals surface area contributed by atoms with Crippen molar-refractivity contribution in [2.24, 2.45) is 5.73 Å². The molecule has 0 aliphatic carbocycles. The van der Waals surface area contributed by atoms with E-state index in [1.165, 1.54) is 7.11 Å². The van der Waals surface area contributed by atoms with Crippen molar-refractivity contribution in [3.8, 4) is 5.75 Å². The van der Waals surface area contributed by atoms with Crippen LogP contribution in [0, 0.1) is 0 Å². The predicted octanol–water partition coefficient (Wildman–Crippen LogP) is 3.83. The van der Waals surface area contributed by atoms with Gasteiger partial charge >= 0.3 is 0 Å². The summed E-state index contributed by atoms with van der Waals surface area (Å²) in [5.41, 5.74) is 7.52. The fraction of sp³-hybridized carbons (Fsp3) is 0.318. The summed E-state index contributed by atoms with van der Waals surface area (Å²) in [6.07, 6.45) is 0.0881. The third kappa shape index (κ3) is 5.46. The lowest BCUT2D eigenvalue weighted by Gasteiger charge is -2.26. The fourth-order valence-corrected chi connectivity index (χ4v) is 3.38. The zero-order valence-electron chi connectivity index (χ0n) is 17.6. The van der Waals surface area contributed by atoms with E-state index in [2.05, 4.69) is 10.3 Å². The normalized spacial score (nSPS) is 11.0. The van der Waals surface area contributed by atoms with Crippen molar-refractivity contribution >= 4 is 40.5 Å². The van der Waals surface area contributed by atoms with Crippen molar-refractivity contribution < 1.29 is 18.7 Å². The number of hydrogen-bond acceptors (Lipinski definition) is 6. The zero-order chi connectivity index (χ0) is 22.5. The number of methoxy groups -OCH3 is 1. The smallest absolute Gasteiger partial charge is 0.296 e. The molecule has 0 aliphatic heterocycles. The topological polar surface area (TPSA) is 111 Å². The van der Waals surface area contributed by atoms with E-state index in [1.54, 1.807) is 23.1 Å². The molecule has 0 fully saturated rings. The predicted molar refractivity (Wildman–Crippen MR) is 119 cm³/mol. The molecular weight excluding hydrogens is 420 g/mol. The number of ether oxygens (including phenoxy) is 1. The number of benzene rings is 2. The average Bonchev–Trinajstić information content (AvgIpc) is 3.14. The van der Waals surface area contributed by atoms with Gasteiger partial charge in [0.2, 0.25) is 5.91 Å². The average molecular weight is 445 g/mol. The summed E-state index contributed by atoms with van der Waals surface area (Å²) in [5, 5.41) is 3.76. The molecule has 1 aromatic heterocycles. The van der Waals surface area contributed by atoms with Gasteiger partial charge in [-0.25, -0.2) is 0 Å². The van der Waals surface area contributed by atoms with Gasteiger partial charge in [0, 0.05) is 36.1 Å². The largest absolute Gasteiger partial charge is 0.493 e. The molecule has 0 aliphatic rings. The number of carbonyl (C=O) groups is 2. The van der Waals surface area contributed by atoms with Gasteiger partial charge in [0.1, 0.15) is 5.52 Å². The minimum absolute atomic E-state index is 0.0881. The summed E-state index contributed by atoms with van der Waals surface area (Å²) in [7, 11) is 1.50. The highest BCUT2D eigenvalue weighted by Gasteiger charge is 2.22. The molecule has 9 heteroatoms. The van der Waals surface area contributed by atoms with Crippen molar-refractivity contribution in [1.82, 2.24) is 9.88 Å². The van der Waals surface area contributed by atoms with Crippen LogP contribution in [-0.4, -0.2) is 41.4 Å². The van der Waals surface area contributed by atoms with Gasteiger partial charge in [-0.15, -0.1) is 0 Å². The van der Waals surface area contributed by atoms with Crippen LogP contribution in [-0.2, 0) is 11.3 Å². The third-order valence-electron chi connectivity index (χ3n) is 4.74. The fourth-order valence-electron chi connectivity index (χ4n) is 3.17. The van der Waals surface area contributed by atoms with Crippen LogP contribution >= 0.6 is 11.6 Å². The van der Waals surface area contributed by atoms with Crippen molar-refractivity contribution in [1.29, 1.82) is 0 Å². The summed E-state index contributed by atoms with van der Waals surface area (Å²) < 4.78 is 11.2. The zero-order valence-corrected chi connectivity index (χ0v) is 18.4. The van der Waals surface area contributed by atoms with Crippen molar-refractivity contribution in [2.45, 2.75) is 32.9 Å². The summed E-state index contributed by atoms with van der Waals surface area (Å²) in [5.74, 6) is -0.311. The highest BCUT2D eigenvalue weighted by atomic mass is 35.5. The Kier molecular flexibility index (Phi) is 7.02. The number of anilines is 1. The first-order valence-electron chi connectivity index (χ1n) is 9.84. The summed E-state index contributed by atoms with van der Waals surface area (Å²) in [6, 6.07) is 10.9. The summed E-state index contributed by atoms with van der Waals surface area (Å²) in [4.78, 5) is 30.3. The molecular formula is C22H25ClN4O4. The van der Waals surface area contributed by atoms with E-state index in [0.717, 1.165) is 5.56 Å². The molecule has 0 radical (unpaired) electrons. The highest BCUT2D eigenvalue weighted by molar-refractivity contribution is 6.30. The number of fused-ring (bicyclic) bond motifs is 1. The van der Waals surface area contributed by atoms with E-state index in [-0.39, 0.29) is 24.9 Å². The third-order valence-corrected chi connectivity index (χ3v) is 4.97. The first-order chi connectivity index (χ1) is 14.8. The monoisotopic (exact) mass is 444 g/mol. The van der Waals surface area contributed by atoms with Gasteiger partial charge in [0.25, 0.3) is 11.9 Å². The molecule has 0 spiro atoms. The lowest BCUT2D eigenvalue weighted by molar-refractivity contribution is -0.118. The van der Waals surface area contributed by atoms with E-state index < -0.39 is 5.91 Å². The number of aromatic nitrogens is 1. The number of nitrogens with two attached hydrogens (primary N) is 1. The minimum atomic E-state index is -0.460. The Morgan fingerprint density at radius 1 is 1.29 bits per heavy atom. The number of nitrogens with one attached hydrogen (secondary N) is 1. The molecule has 0 saturated heterocycles. The van der Waals surface area contributed by atoms with Gasteiger partial charge in [-0.3, -0.25) is 9.59 Å². The second-order valence-corrected chi connectivity index (χ2v) is 7.77. The SMILES string of the molecule is COc1cc(C(=O)N(CCC(N)=O)C(C)C)cc2nc(NCc3cccc(Cl)c3)oc12. The molecule has 2 amide bonds. The number of primary amides is 1. The van der Waals surface area contributed by atoms with Crippen LogP contribution in [0.3, 0.4) is 0 Å².